The van der Waals surface area contributed by atoms with Crippen LogP contribution < -0.4 is 22.6 Å². The van der Waals surface area contributed by atoms with Crippen molar-refractivity contribution >= 4 is 58.0 Å². The number of aliphatic hydroxyl groups excluding tert-OH is 1. The zero-order valence-electron chi connectivity index (χ0n) is 80.2. The molecule has 38 heteroatoms. The molecule has 0 aromatic heterocycles. The molecule has 6 N–H and O–H groups in total. The second-order valence-corrected chi connectivity index (χ2v) is 38.0. The first-order chi connectivity index (χ1) is 63.6. The maximum absolute atomic E-state index is 13.1. The van der Waals surface area contributed by atoms with Crippen molar-refractivity contribution in [3.63, 3.8) is 0 Å². The predicted molar refractivity (Wildman–Crippen MR) is 514 cm³/mol. The number of hydrogen-bond acceptors (Lipinski definition) is 28. The highest BCUT2D eigenvalue weighted by Gasteiger charge is 2.37. The van der Waals surface area contributed by atoms with Crippen molar-refractivity contribution in [1.82, 2.24) is 0 Å². The van der Waals surface area contributed by atoms with E-state index in [1.54, 1.807) is 167 Å². The Balaban J connectivity index is 0. The Morgan fingerprint density at radius 1 is 0.402 bits per heavy atom. The van der Waals surface area contributed by atoms with E-state index in [-0.39, 0.29) is 51.1 Å². The maximum atomic E-state index is 13.1. The van der Waals surface area contributed by atoms with Crippen molar-refractivity contribution in [3.8, 4) is 28.7 Å². The van der Waals surface area contributed by atoms with Crippen LogP contribution in [0.4, 0.5) is 0 Å². The van der Waals surface area contributed by atoms with Crippen molar-refractivity contribution in [2.24, 2.45) is 11.8 Å². The predicted octanol–water partition coefficient (Wildman–Crippen LogP) is 22.5. The van der Waals surface area contributed by atoms with Gasteiger partial charge in [0.15, 0.2) is 0 Å². The summed E-state index contributed by atoms with van der Waals surface area (Å²) < 4.78 is 154. The van der Waals surface area contributed by atoms with Gasteiger partial charge in [-0.3, -0.25) is 32.3 Å². The third kappa shape index (κ3) is 80.7. The van der Waals surface area contributed by atoms with Crippen LogP contribution in [0, 0.1) is 11.8 Å². The zero-order valence-corrected chi connectivity index (χ0v) is 84.7. The number of hydrogen-bond donors (Lipinski definition) is 6. The second kappa shape index (κ2) is 87.2. The number of phosphoric acid groups is 4. The minimum atomic E-state index is -4.14. The lowest BCUT2D eigenvalue weighted by atomic mass is 10.0. The fraction of sp³-hybridized carbons (Fsp3) is 0.606. The fourth-order valence-corrected chi connectivity index (χ4v) is 15.9. The Hall–Kier alpha value is -6.59. The van der Waals surface area contributed by atoms with Crippen LogP contribution in [0.3, 0.4) is 0 Å². The molecule has 0 spiro atoms. The van der Waals surface area contributed by atoms with Crippen molar-refractivity contribution in [3.05, 3.63) is 176 Å². The lowest BCUT2D eigenvalue weighted by Crippen LogP contribution is -2.42. The number of carboxylic acids is 3. The van der Waals surface area contributed by atoms with Crippen molar-refractivity contribution < 1.29 is 155 Å². The first-order valence-corrected chi connectivity index (χ1v) is 53.6. The molecule has 1 aliphatic heterocycles. The molecule has 0 amide bonds. The number of ether oxygens (including phenoxy) is 7. The van der Waals surface area contributed by atoms with E-state index in [0.717, 1.165) is 128 Å². The van der Waals surface area contributed by atoms with E-state index in [9.17, 15) is 42.4 Å². The summed E-state index contributed by atoms with van der Waals surface area (Å²) in [4.78, 5) is 49.0. The summed E-state index contributed by atoms with van der Waals surface area (Å²) in [6.07, 6.45) is 28.4. The van der Waals surface area contributed by atoms with Gasteiger partial charge in [0.2, 0.25) is 0 Å². The summed E-state index contributed by atoms with van der Waals surface area (Å²) in [6.45, 7) is 26.1. The second-order valence-electron chi connectivity index (χ2n) is 29.0. The number of carbonyl (C=O) groups is 3. The van der Waals surface area contributed by atoms with Gasteiger partial charge in [-0.05, 0) is 131 Å². The summed E-state index contributed by atoms with van der Waals surface area (Å²) in [6, 6.07) is 43.9. The van der Waals surface area contributed by atoms with Crippen LogP contribution >= 0.6 is 31.3 Å². The Bertz CT molecular complexity index is 3480. The molecule has 0 bridgehead atoms. The van der Waals surface area contributed by atoms with Crippen LogP contribution in [0.5, 0.6) is 28.7 Å². The number of rotatable bonds is 70. The van der Waals surface area contributed by atoms with Crippen LogP contribution in [0.15, 0.2) is 176 Å². The number of carboxylic acid groups (broad SMARTS) is 3. The van der Waals surface area contributed by atoms with Gasteiger partial charge in [0.25, 0.3) is 0 Å². The molecule has 5 aromatic rings. The Labute approximate surface area is 787 Å². The molecule has 0 radical (unpaired) electrons. The number of aliphatic carboxylic acids is 3. The number of unbranched alkanes of at least 4 members (excludes halogenated alkanes) is 9. The van der Waals surface area contributed by atoms with Gasteiger partial charge in [-0.1, -0.05) is 248 Å². The molecule has 1 heterocycles. The standard InChI is InChI=1S/C18H39O7P.C18H15O4P.C16H35O4P.C12H11O4P.C9H20O5Si.C8H16O2.C7H14O5.C6H8O2/c1-4-7-10-20-13-16-23-26(19,24-17-14-21-11-8-5-2)25-18-15-22-12-9-6-3;19-23(20-16-10-4-1-5-11-16,21-17-12-6-2-7-13-17)22-18-14-8-3-9-15-18;1-5-9-11-15(7-3)13-19-21(17,18)20-14-16(8-4)12-10-6-2;13-17(14,15-11-7-3-1-4-8-11)16-12-9-5-2-6-10-12;1-10-15(11-2,12-3)6-4-5-13-7-9-8-14-9;1-2-3-4-5-6-7-8(9)10;8-2-1-3-11-4-5-12-6-7(9)10;1-2-3-4-5-6(7)8/h4-18H2,1-3H3;1-15H;15-16H,5-14H2,1-4H3,(H,17,18);1-10H,(H,13,14);9H,4-8H2,1-3H3;2-7H2,1H3,(H,9,10);8H,1-6H2,(H,9,10);2-5H,1H3,(H,7,8)/b;;;;;;;3-2+,5-4+. The molecule has 0 saturated carbocycles. The lowest BCUT2D eigenvalue weighted by molar-refractivity contribution is -0.142. The van der Waals surface area contributed by atoms with Crippen molar-refractivity contribution in [2.75, 3.05) is 147 Å². The lowest BCUT2D eigenvalue weighted by Gasteiger charge is -2.24. The van der Waals surface area contributed by atoms with Crippen LogP contribution in [-0.2, 0) is 102 Å². The number of benzene rings is 5. The average molecular weight is 1970 g/mol. The van der Waals surface area contributed by atoms with Gasteiger partial charge in [0.05, 0.1) is 79.3 Å². The highest BCUT2D eigenvalue weighted by Crippen LogP contribution is 2.51. The van der Waals surface area contributed by atoms with Crippen molar-refractivity contribution in [1.29, 1.82) is 0 Å². The van der Waals surface area contributed by atoms with E-state index < -0.39 is 58.0 Å². The van der Waals surface area contributed by atoms with Gasteiger partial charge < -0.3 is 94.4 Å². The van der Waals surface area contributed by atoms with Crippen LogP contribution in [-0.4, -0.2) is 210 Å². The number of aliphatic hydroxyl groups is 1. The third-order valence-corrected chi connectivity index (χ3v) is 25.2. The molecule has 756 valence electrons. The van der Waals surface area contributed by atoms with Crippen LogP contribution in [0.25, 0.3) is 0 Å². The first-order valence-electron chi connectivity index (χ1n) is 45.7. The molecule has 1 saturated heterocycles. The molecule has 3 atom stereocenters. The summed E-state index contributed by atoms with van der Waals surface area (Å²) in [5.74, 6) is -0.0891. The topological polar surface area (TPSA) is 429 Å². The molecular weight excluding hydrogens is 1810 g/mol. The Kier molecular flexibility index (Phi) is 84.2. The molecule has 1 aliphatic rings. The first kappa shape index (κ1) is 127. The van der Waals surface area contributed by atoms with Crippen LogP contribution in [0.2, 0.25) is 6.04 Å². The van der Waals surface area contributed by atoms with Crippen molar-refractivity contribution in [2.45, 2.75) is 216 Å². The molecule has 0 aliphatic carbocycles. The van der Waals surface area contributed by atoms with Gasteiger partial charge in [0.1, 0.15) is 41.5 Å². The Morgan fingerprint density at radius 3 is 1.08 bits per heavy atom. The average Bonchev–Trinajstić information content (AvgIpc) is 0.958. The fourth-order valence-electron chi connectivity index (χ4n) is 10.1. The summed E-state index contributed by atoms with van der Waals surface area (Å²) in [7, 11) is -13.1. The van der Waals surface area contributed by atoms with E-state index in [1.165, 1.54) is 25.3 Å². The third-order valence-electron chi connectivity index (χ3n) is 17.7. The summed E-state index contributed by atoms with van der Waals surface area (Å²) >= 11 is 0. The number of allylic oxidation sites excluding steroid dienone is 3. The quantitative estimate of drug-likeness (QED) is 0.00526. The summed E-state index contributed by atoms with van der Waals surface area (Å²) in [5.41, 5.74) is 0. The number of phosphoric ester groups is 4. The van der Waals surface area contributed by atoms with E-state index in [2.05, 4.69) is 60.1 Å². The molecular formula is C94H158O33P4Si. The van der Waals surface area contributed by atoms with Gasteiger partial charge in [0, 0.05) is 79.5 Å². The number of epoxide rings is 1. The Morgan fingerprint density at radius 2 is 0.750 bits per heavy atom. The minimum Gasteiger partial charge on any atom is -0.481 e. The normalized spacial score (nSPS) is 13.1. The molecule has 6 rings (SSSR count). The molecule has 33 nitrogen and oxygen atoms in total. The largest absolute Gasteiger partial charge is 0.647 e. The van der Waals surface area contributed by atoms with E-state index in [0.29, 0.717) is 127 Å². The monoisotopic (exact) mass is 1970 g/mol. The number of para-hydroxylation sites is 5. The van der Waals surface area contributed by atoms with E-state index in [4.69, 9.17) is 107 Å². The SMILES string of the molecule is C/C=C/C=C/C(=O)O.CCCCC(CC)COP(=O)(O)OCC(CC)CCCC.CCCCCCCC(=O)O.CCCCOCCOP(=O)(OCCOCCCC)OCCOCCCC.CO[Si](CCCOCC1CO1)(OC)OC.O=C(O)COCCOCCCO.O=P(O)(Oc1ccccc1)Oc1ccccc1.O=P(Oc1ccccc1)(Oc1ccccc1)Oc1ccccc1. The smallest absolute Gasteiger partial charge is 0.481 e. The van der Waals surface area contributed by atoms with E-state index in [1.807, 2.05) is 25.1 Å². The summed E-state index contributed by atoms with van der Waals surface area (Å²) in [5, 5.41) is 32.8. The van der Waals surface area contributed by atoms with Gasteiger partial charge in [-0.15, -0.1) is 0 Å². The highest BCUT2D eigenvalue weighted by molar-refractivity contribution is 7.50. The van der Waals surface area contributed by atoms with Gasteiger partial charge >= 0.3 is 58.0 Å². The van der Waals surface area contributed by atoms with Crippen LogP contribution in [0.1, 0.15) is 204 Å². The highest BCUT2D eigenvalue weighted by atomic mass is 31.2. The molecule has 132 heavy (non-hydrogen) atoms. The molecule has 5 aromatic carbocycles. The zero-order chi connectivity index (χ0) is 98.2. The van der Waals surface area contributed by atoms with Gasteiger partial charge in [-0.2, -0.15) is 4.57 Å². The van der Waals surface area contributed by atoms with Gasteiger partial charge in [-0.25, -0.2) is 23.3 Å². The molecule has 3 unspecified atom stereocenters. The van der Waals surface area contributed by atoms with E-state index >= 15 is 0 Å². The minimum absolute atomic E-state index is 0.107. The molecule has 1 fully saturated rings. The maximum Gasteiger partial charge on any atom is 0.647 e.